The lowest BCUT2D eigenvalue weighted by Crippen LogP contribution is -2.07. The van der Waals surface area contributed by atoms with Gasteiger partial charge in [0.2, 0.25) is 0 Å². The Bertz CT molecular complexity index is 215. The molecule has 0 aliphatic heterocycles. The van der Waals surface area contributed by atoms with Crippen LogP contribution >= 0.6 is 0 Å². The highest BCUT2D eigenvalue weighted by molar-refractivity contribution is 5.79. The molecule has 0 aliphatic carbocycles. The first-order valence-corrected chi connectivity index (χ1v) is 7.40. The van der Waals surface area contributed by atoms with Crippen molar-refractivity contribution in [2.45, 2.75) is 71.1 Å². The zero-order valence-corrected chi connectivity index (χ0v) is 11.8. The summed E-state index contributed by atoms with van der Waals surface area (Å²) in [4.78, 5) is 10.2. The summed E-state index contributed by atoms with van der Waals surface area (Å²) < 4.78 is 0. The molecule has 0 amide bonds. The number of unbranched alkanes of at least 4 members (excludes halogenated alkanes) is 9. The highest BCUT2D eigenvalue weighted by atomic mass is 16.4. The van der Waals surface area contributed by atoms with Crippen LogP contribution in [0.2, 0.25) is 0 Å². The van der Waals surface area contributed by atoms with Crippen LogP contribution in [-0.4, -0.2) is 17.6 Å². The van der Waals surface area contributed by atoms with Crippen molar-refractivity contribution in [3.05, 3.63) is 12.3 Å². The van der Waals surface area contributed by atoms with Gasteiger partial charge >= 0.3 is 5.97 Å². The molecule has 18 heavy (non-hydrogen) atoms. The van der Waals surface area contributed by atoms with E-state index in [1.165, 1.54) is 64.0 Å². The van der Waals surface area contributed by atoms with E-state index < -0.39 is 5.97 Å². The van der Waals surface area contributed by atoms with Crippen LogP contribution < -0.4 is 5.32 Å². The molecule has 0 atom stereocenters. The number of nitrogens with one attached hydrogen (secondary N) is 1. The van der Waals surface area contributed by atoms with Gasteiger partial charge in [0, 0.05) is 18.8 Å². The van der Waals surface area contributed by atoms with Crippen molar-refractivity contribution in [3.8, 4) is 0 Å². The Morgan fingerprint density at radius 3 is 1.94 bits per heavy atom. The smallest absolute Gasteiger partial charge is 0.329 e. The highest BCUT2D eigenvalue weighted by Crippen LogP contribution is 2.10. The van der Waals surface area contributed by atoms with E-state index in [0.717, 1.165) is 19.0 Å². The summed E-state index contributed by atoms with van der Waals surface area (Å²) in [6.45, 7) is 3.12. The van der Waals surface area contributed by atoms with E-state index in [2.05, 4.69) is 12.2 Å². The molecular weight excluding hydrogens is 226 g/mol. The van der Waals surface area contributed by atoms with E-state index in [0.29, 0.717) is 0 Å². The summed E-state index contributed by atoms with van der Waals surface area (Å²) >= 11 is 0. The first-order chi connectivity index (χ1) is 8.77. The molecule has 0 radical (unpaired) electrons. The van der Waals surface area contributed by atoms with Gasteiger partial charge in [-0.2, -0.15) is 0 Å². The second kappa shape index (κ2) is 14.1. The lowest BCUT2D eigenvalue weighted by Gasteiger charge is -2.02. The number of hydrogen-bond acceptors (Lipinski definition) is 2. The Balaban J connectivity index is 3.01. The van der Waals surface area contributed by atoms with Gasteiger partial charge < -0.3 is 10.4 Å². The molecule has 0 saturated heterocycles. The maximum absolute atomic E-state index is 10.2. The predicted molar refractivity (Wildman–Crippen MR) is 76.6 cm³/mol. The normalized spacial score (nSPS) is 10.9. The van der Waals surface area contributed by atoms with Crippen LogP contribution in [0.3, 0.4) is 0 Å². The number of carboxylic acids is 1. The minimum atomic E-state index is -0.898. The summed E-state index contributed by atoms with van der Waals surface area (Å²) in [5.41, 5.74) is 0. The van der Waals surface area contributed by atoms with Crippen molar-refractivity contribution in [3.63, 3.8) is 0 Å². The van der Waals surface area contributed by atoms with E-state index in [9.17, 15) is 4.79 Å². The fourth-order valence-corrected chi connectivity index (χ4v) is 1.93. The van der Waals surface area contributed by atoms with E-state index in [1.807, 2.05) is 0 Å². The Labute approximate surface area is 112 Å². The summed E-state index contributed by atoms with van der Waals surface area (Å²) in [6.07, 6.45) is 15.9. The minimum absolute atomic E-state index is 0.875. The van der Waals surface area contributed by atoms with E-state index in [-0.39, 0.29) is 0 Å². The Hall–Kier alpha value is -0.990. The molecule has 3 heteroatoms. The maximum atomic E-state index is 10.2. The third kappa shape index (κ3) is 15.0. The van der Waals surface area contributed by atoms with Gasteiger partial charge in [-0.15, -0.1) is 0 Å². The lowest BCUT2D eigenvalue weighted by atomic mass is 10.1. The average Bonchev–Trinajstić information content (AvgIpc) is 2.34. The van der Waals surface area contributed by atoms with Crippen molar-refractivity contribution in [2.24, 2.45) is 0 Å². The molecule has 0 unspecified atom stereocenters. The summed E-state index contributed by atoms with van der Waals surface area (Å²) in [5.74, 6) is -0.898. The molecule has 106 valence electrons. The standard InChI is InChI=1S/C15H29NO2/c1-2-3-4-5-6-7-8-9-10-11-13-16-14-12-15(17)18/h12,14,16H,2-11,13H2,1H3,(H,17,18). The van der Waals surface area contributed by atoms with Gasteiger partial charge in [-0.1, -0.05) is 64.7 Å². The molecule has 0 heterocycles. The number of rotatable bonds is 13. The van der Waals surface area contributed by atoms with Crippen LogP contribution in [0.15, 0.2) is 12.3 Å². The molecule has 0 aromatic carbocycles. The van der Waals surface area contributed by atoms with Crippen LogP contribution in [0.4, 0.5) is 0 Å². The van der Waals surface area contributed by atoms with Gasteiger partial charge in [-0.3, -0.25) is 0 Å². The van der Waals surface area contributed by atoms with Crippen LogP contribution in [0.25, 0.3) is 0 Å². The maximum Gasteiger partial charge on any atom is 0.329 e. The topological polar surface area (TPSA) is 49.3 Å². The van der Waals surface area contributed by atoms with Crippen LogP contribution in [0.1, 0.15) is 71.1 Å². The number of aliphatic carboxylic acids is 1. The molecule has 0 rings (SSSR count). The molecule has 0 spiro atoms. The number of carbonyl (C=O) groups is 1. The summed E-state index contributed by atoms with van der Waals surface area (Å²) in [6, 6.07) is 0. The highest BCUT2D eigenvalue weighted by Gasteiger charge is 1.92. The van der Waals surface area contributed by atoms with Gasteiger partial charge in [0.15, 0.2) is 0 Å². The van der Waals surface area contributed by atoms with Gasteiger partial charge in [-0.05, 0) is 6.42 Å². The third-order valence-electron chi connectivity index (χ3n) is 3.02. The predicted octanol–water partition coefficient (Wildman–Crippen LogP) is 4.10. The van der Waals surface area contributed by atoms with Gasteiger partial charge in [-0.25, -0.2) is 4.79 Å². The second-order valence-corrected chi connectivity index (χ2v) is 4.81. The van der Waals surface area contributed by atoms with Crippen molar-refractivity contribution < 1.29 is 9.90 Å². The Morgan fingerprint density at radius 2 is 1.44 bits per heavy atom. The van der Waals surface area contributed by atoms with Gasteiger partial charge in [0.05, 0.1) is 0 Å². The lowest BCUT2D eigenvalue weighted by molar-refractivity contribution is -0.131. The van der Waals surface area contributed by atoms with E-state index >= 15 is 0 Å². The molecule has 3 nitrogen and oxygen atoms in total. The molecule has 2 N–H and O–H groups in total. The van der Waals surface area contributed by atoms with E-state index in [1.54, 1.807) is 0 Å². The van der Waals surface area contributed by atoms with Gasteiger partial charge in [0.25, 0.3) is 0 Å². The van der Waals surface area contributed by atoms with Crippen LogP contribution in [0.5, 0.6) is 0 Å². The Kier molecular flexibility index (Phi) is 13.3. The van der Waals surface area contributed by atoms with E-state index in [4.69, 9.17) is 5.11 Å². The minimum Gasteiger partial charge on any atom is -0.478 e. The fraction of sp³-hybridized carbons (Fsp3) is 0.800. The molecule has 0 fully saturated rings. The monoisotopic (exact) mass is 255 g/mol. The van der Waals surface area contributed by atoms with Crippen LogP contribution in [-0.2, 0) is 4.79 Å². The SMILES string of the molecule is CCCCCCCCCCCCNC=CC(=O)O. The first kappa shape index (κ1) is 17.0. The van der Waals surface area contributed by atoms with Crippen molar-refractivity contribution in [2.75, 3.05) is 6.54 Å². The van der Waals surface area contributed by atoms with Crippen molar-refractivity contribution in [1.29, 1.82) is 0 Å². The zero-order valence-electron chi connectivity index (χ0n) is 11.8. The van der Waals surface area contributed by atoms with Crippen molar-refractivity contribution >= 4 is 5.97 Å². The second-order valence-electron chi connectivity index (χ2n) is 4.81. The summed E-state index contributed by atoms with van der Waals surface area (Å²) in [5, 5.41) is 11.3. The molecule has 0 saturated carbocycles. The number of hydrogen-bond donors (Lipinski definition) is 2. The molecule has 0 aromatic rings. The fourth-order valence-electron chi connectivity index (χ4n) is 1.93. The largest absolute Gasteiger partial charge is 0.478 e. The molecule has 0 aromatic heterocycles. The zero-order chi connectivity index (χ0) is 13.5. The van der Waals surface area contributed by atoms with Crippen molar-refractivity contribution in [1.82, 2.24) is 5.32 Å². The quantitative estimate of drug-likeness (QED) is 0.385. The molecular formula is C15H29NO2. The summed E-state index contributed by atoms with van der Waals surface area (Å²) in [7, 11) is 0. The molecule has 0 bridgehead atoms. The average molecular weight is 255 g/mol. The number of carboxylic acid groups (broad SMARTS) is 1. The third-order valence-corrected chi connectivity index (χ3v) is 3.02. The Morgan fingerprint density at radius 1 is 0.944 bits per heavy atom. The first-order valence-electron chi connectivity index (χ1n) is 7.40. The molecule has 0 aliphatic rings. The van der Waals surface area contributed by atoms with Gasteiger partial charge in [0.1, 0.15) is 0 Å². The van der Waals surface area contributed by atoms with Crippen LogP contribution in [0, 0.1) is 0 Å².